The molecule has 0 aliphatic heterocycles. The highest BCUT2D eigenvalue weighted by Crippen LogP contribution is 2.11. The molecular weight excluding hydrogens is 801 g/mol. The molecule has 1 unspecified atom stereocenters. The van der Waals surface area contributed by atoms with Crippen molar-refractivity contribution in [3.8, 4) is 0 Å². The number of carbonyl (C=O) groups is 2. The highest BCUT2D eigenvalue weighted by Gasteiger charge is 2.16. The summed E-state index contributed by atoms with van der Waals surface area (Å²) < 4.78 is 10.6. The van der Waals surface area contributed by atoms with Gasteiger partial charge in [0, 0.05) is 12.8 Å². The molecule has 0 rings (SSSR count). The first-order valence-corrected chi connectivity index (χ1v) is 25.9. The Kier molecular flexibility index (Phi) is 50.6. The number of rotatable bonds is 45. The third-order valence-electron chi connectivity index (χ3n) is 10.4. The summed E-state index contributed by atoms with van der Waals surface area (Å²) in [6, 6.07) is 0. The van der Waals surface area contributed by atoms with E-state index in [4.69, 9.17) is 9.47 Å². The molecule has 5 nitrogen and oxygen atoms in total. The molecule has 0 aromatic heterocycles. The second-order valence-corrected chi connectivity index (χ2v) is 16.5. The molecule has 0 spiro atoms. The van der Waals surface area contributed by atoms with Crippen LogP contribution < -0.4 is 0 Å². The molecule has 1 atom stereocenters. The topological polar surface area (TPSA) is 72.8 Å². The maximum Gasteiger partial charge on any atom is 0.306 e. The van der Waals surface area contributed by atoms with E-state index in [1.54, 1.807) is 0 Å². The van der Waals surface area contributed by atoms with Crippen molar-refractivity contribution in [1.82, 2.24) is 0 Å². The number of ether oxygens (including phenoxy) is 2. The average molecular weight is 895 g/mol. The average Bonchev–Trinajstić information content (AvgIpc) is 3.31. The van der Waals surface area contributed by atoms with Crippen molar-refractivity contribution in [2.75, 3.05) is 13.2 Å². The Morgan fingerprint density at radius 3 is 1.03 bits per heavy atom. The van der Waals surface area contributed by atoms with Crippen LogP contribution in [0.5, 0.6) is 0 Å². The minimum atomic E-state index is -0.803. The summed E-state index contributed by atoms with van der Waals surface area (Å²) in [5, 5.41) is 9.60. The molecule has 65 heavy (non-hydrogen) atoms. The van der Waals surface area contributed by atoms with Crippen LogP contribution in [0.1, 0.15) is 200 Å². The summed E-state index contributed by atoms with van der Waals surface area (Å²) in [5.41, 5.74) is 0. The first-order chi connectivity index (χ1) is 32.1. The Balaban J connectivity index is 3.71. The zero-order valence-corrected chi connectivity index (χ0v) is 41.4. The van der Waals surface area contributed by atoms with Gasteiger partial charge in [-0.2, -0.15) is 0 Å². The van der Waals surface area contributed by atoms with E-state index in [1.165, 1.54) is 51.4 Å². The summed E-state index contributed by atoms with van der Waals surface area (Å²) in [4.78, 5) is 24.4. The Hall–Kier alpha value is -4.22. The largest absolute Gasteiger partial charge is 0.462 e. The third-order valence-corrected chi connectivity index (χ3v) is 10.4. The van der Waals surface area contributed by atoms with Gasteiger partial charge in [-0.3, -0.25) is 9.59 Å². The third kappa shape index (κ3) is 52.3. The minimum Gasteiger partial charge on any atom is -0.462 e. The smallest absolute Gasteiger partial charge is 0.306 e. The molecule has 0 aliphatic rings. The van der Waals surface area contributed by atoms with E-state index in [0.29, 0.717) is 12.8 Å². The molecule has 0 saturated heterocycles. The van der Waals surface area contributed by atoms with Gasteiger partial charge in [0.1, 0.15) is 6.61 Å². The van der Waals surface area contributed by atoms with E-state index in [0.717, 1.165) is 122 Å². The molecule has 364 valence electrons. The maximum absolute atomic E-state index is 12.2. The molecule has 0 bridgehead atoms. The number of unbranched alkanes of at least 4 members (excludes halogenated alkanes) is 13. The predicted octanol–water partition coefficient (Wildman–Crippen LogP) is 17.5. The molecule has 0 fully saturated rings. The van der Waals surface area contributed by atoms with E-state index in [1.807, 2.05) is 0 Å². The van der Waals surface area contributed by atoms with Gasteiger partial charge in [-0.25, -0.2) is 0 Å². The summed E-state index contributed by atoms with van der Waals surface area (Å²) in [6.45, 7) is 3.96. The Morgan fingerprint density at radius 2 is 0.662 bits per heavy atom. The molecule has 0 aliphatic carbocycles. The number of aliphatic hydroxyl groups is 1. The first-order valence-electron chi connectivity index (χ1n) is 25.9. The van der Waals surface area contributed by atoms with Crippen molar-refractivity contribution < 1.29 is 24.2 Å². The molecular formula is C60H94O5. The van der Waals surface area contributed by atoms with Crippen molar-refractivity contribution in [2.45, 2.75) is 206 Å². The Morgan fingerprint density at radius 1 is 0.369 bits per heavy atom. The van der Waals surface area contributed by atoms with Crippen LogP contribution in [0.25, 0.3) is 0 Å². The standard InChI is InChI=1S/C60H94O5/c1-3-5-7-9-11-13-15-17-19-20-21-22-23-24-25-26-27-28-29-30-31-32-33-34-35-36-37-38-39-40-41-43-45-47-49-51-53-55-60(63)65-58(56-61)57-64-59(62)54-52-50-48-46-44-42-18-16-14-12-10-8-6-4-2/h5,7,11,13,16-19,21-22,24-25,27-28,30-31,33-34,36-37,39-40,43,45,58,61H,3-4,6,8-10,12,14-15,20,23,26,29,32,35,38,41-42,44,46-57H2,1-2H3/b7-5-,13-11-,18-16-,19-17-,22-21-,25-24-,28-27-,31-30-,34-33-,37-36-,40-39-,45-43-. The van der Waals surface area contributed by atoms with Gasteiger partial charge < -0.3 is 14.6 Å². The lowest BCUT2D eigenvalue weighted by molar-refractivity contribution is -0.161. The van der Waals surface area contributed by atoms with Gasteiger partial charge in [-0.05, 0) is 122 Å². The number of aliphatic hydroxyl groups excluding tert-OH is 1. The normalized spacial score (nSPS) is 13.5. The molecule has 0 heterocycles. The molecule has 0 saturated carbocycles. The number of hydrogen-bond acceptors (Lipinski definition) is 5. The SMILES string of the molecule is CC/C=C\C/C=C\C/C=C\C/C=C\C/C=C\C/C=C\C/C=C\C/C=C\C/C=C\C/C=C\C/C=C\CCCCCC(=O)OC(CO)COC(=O)CCCCCCC/C=C\CCCCCCC. The highest BCUT2D eigenvalue weighted by atomic mass is 16.6. The van der Waals surface area contributed by atoms with Gasteiger partial charge in [0.2, 0.25) is 0 Å². The molecule has 1 N–H and O–H groups in total. The highest BCUT2D eigenvalue weighted by molar-refractivity contribution is 5.70. The Labute approximate surface area is 399 Å². The van der Waals surface area contributed by atoms with Gasteiger partial charge in [0.05, 0.1) is 6.61 Å². The van der Waals surface area contributed by atoms with E-state index in [2.05, 4.69) is 160 Å². The molecule has 5 heteroatoms. The Bertz CT molecular complexity index is 1430. The summed E-state index contributed by atoms with van der Waals surface area (Å²) >= 11 is 0. The van der Waals surface area contributed by atoms with Crippen molar-refractivity contribution in [1.29, 1.82) is 0 Å². The van der Waals surface area contributed by atoms with E-state index >= 15 is 0 Å². The monoisotopic (exact) mass is 895 g/mol. The summed E-state index contributed by atoms with van der Waals surface area (Å²) in [7, 11) is 0. The van der Waals surface area contributed by atoms with Crippen LogP contribution in [0.3, 0.4) is 0 Å². The second-order valence-electron chi connectivity index (χ2n) is 16.5. The van der Waals surface area contributed by atoms with E-state index < -0.39 is 6.10 Å². The number of carbonyl (C=O) groups excluding carboxylic acids is 2. The fourth-order valence-corrected chi connectivity index (χ4v) is 6.49. The lowest BCUT2D eigenvalue weighted by atomic mass is 10.1. The van der Waals surface area contributed by atoms with Crippen molar-refractivity contribution in [3.05, 3.63) is 146 Å². The van der Waals surface area contributed by atoms with Crippen LogP contribution in [0.4, 0.5) is 0 Å². The van der Waals surface area contributed by atoms with Crippen molar-refractivity contribution >= 4 is 11.9 Å². The lowest BCUT2D eigenvalue weighted by Crippen LogP contribution is -2.28. The lowest BCUT2D eigenvalue weighted by Gasteiger charge is -2.15. The molecule has 0 amide bonds. The minimum absolute atomic E-state index is 0.0926. The van der Waals surface area contributed by atoms with Crippen LogP contribution in [0, 0.1) is 0 Å². The number of esters is 2. The zero-order valence-electron chi connectivity index (χ0n) is 41.4. The van der Waals surface area contributed by atoms with Crippen molar-refractivity contribution in [2.24, 2.45) is 0 Å². The van der Waals surface area contributed by atoms with Gasteiger partial charge in [-0.15, -0.1) is 0 Å². The van der Waals surface area contributed by atoms with Gasteiger partial charge in [-0.1, -0.05) is 211 Å². The summed E-state index contributed by atoms with van der Waals surface area (Å²) in [6.07, 6.45) is 82.3. The zero-order chi connectivity index (χ0) is 47.0. The van der Waals surface area contributed by atoms with Gasteiger partial charge in [0.15, 0.2) is 6.10 Å². The van der Waals surface area contributed by atoms with Gasteiger partial charge >= 0.3 is 11.9 Å². The van der Waals surface area contributed by atoms with Crippen LogP contribution in [-0.4, -0.2) is 36.4 Å². The van der Waals surface area contributed by atoms with Crippen molar-refractivity contribution in [3.63, 3.8) is 0 Å². The molecule has 0 aromatic rings. The fourth-order valence-electron chi connectivity index (χ4n) is 6.49. The second kappa shape index (κ2) is 54.1. The predicted molar refractivity (Wildman–Crippen MR) is 283 cm³/mol. The van der Waals surface area contributed by atoms with Crippen LogP contribution in [-0.2, 0) is 19.1 Å². The van der Waals surface area contributed by atoms with E-state index in [9.17, 15) is 14.7 Å². The van der Waals surface area contributed by atoms with Crippen LogP contribution in [0.2, 0.25) is 0 Å². The van der Waals surface area contributed by atoms with E-state index in [-0.39, 0.29) is 25.2 Å². The fraction of sp³-hybridized carbons (Fsp3) is 0.567. The number of hydrogen-bond donors (Lipinski definition) is 1. The van der Waals surface area contributed by atoms with Gasteiger partial charge in [0.25, 0.3) is 0 Å². The molecule has 0 radical (unpaired) electrons. The summed E-state index contributed by atoms with van der Waals surface area (Å²) in [5.74, 6) is -0.651. The first kappa shape index (κ1) is 60.8. The quantitative estimate of drug-likeness (QED) is 0.0375. The molecule has 0 aromatic carbocycles. The van der Waals surface area contributed by atoms with Crippen LogP contribution in [0.15, 0.2) is 146 Å². The van der Waals surface area contributed by atoms with Crippen LogP contribution >= 0.6 is 0 Å². The number of allylic oxidation sites excluding steroid dienone is 24. The maximum atomic E-state index is 12.2.